The molecule has 3 heteroatoms. The van der Waals surface area contributed by atoms with Gasteiger partial charge in [-0.25, -0.2) is 4.68 Å². The first-order chi connectivity index (χ1) is 7.63. The van der Waals surface area contributed by atoms with Crippen molar-refractivity contribution < 1.29 is 0 Å². The molecule has 0 aliphatic rings. The molecule has 2 rings (SSSR count). The van der Waals surface area contributed by atoms with Crippen LogP contribution in [-0.2, 0) is 6.42 Å². The van der Waals surface area contributed by atoms with E-state index in [2.05, 4.69) is 65.8 Å². The summed E-state index contributed by atoms with van der Waals surface area (Å²) in [5.74, 6) is 0. The van der Waals surface area contributed by atoms with E-state index >= 15 is 0 Å². The molecule has 0 amide bonds. The molecule has 0 saturated heterocycles. The van der Waals surface area contributed by atoms with Gasteiger partial charge in [-0.15, -0.1) is 0 Å². The Hall–Kier alpha value is -0.840. The van der Waals surface area contributed by atoms with Crippen LogP contribution in [0.2, 0.25) is 0 Å². The lowest BCUT2D eigenvalue weighted by atomic mass is 10.1. The third-order valence-electron chi connectivity index (χ3n) is 2.79. The van der Waals surface area contributed by atoms with E-state index < -0.39 is 0 Å². The zero-order valence-corrected chi connectivity index (χ0v) is 11.9. The van der Waals surface area contributed by atoms with Crippen LogP contribution in [0.4, 0.5) is 0 Å². The highest BCUT2D eigenvalue weighted by molar-refractivity contribution is 14.1. The Kier molecular flexibility index (Phi) is 3.33. The summed E-state index contributed by atoms with van der Waals surface area (Å²) in [4.78, 5) is 0. The van der Waals surface area contributed by atoms with Gasteiger partial charge < -0.3 is 0 Å². The maximum atomic E-state index is 4.54. The average Bonchev–Trinajstić information content (AvgIpc) is 2.57. The number of nitrogens with zero attached hydrogens (tertiary/aromatic N) is 2. The van der Waals surface area contributed by atoms with Crippen LogP contribution in [0.1, 0.15) is 23.9 Å². The number of hydrogen-bond donors (Lipinski definition) is 0. The Morgan fingerprint density at radius 2 is 1.81 bits per heavy atom. The van der Waals surface area contributed by atoms with Gasteiger partial charge in [-0.3, -0.25) is 0 Å². The van der Waals surface area contributed by atoms with E-state index in [0.717, 1.165) is 17.8 Å². The van der Waals surface area contributed by atoms with E-state index in [9.17, 15) is 0 Å². The van der Waals surface area contributed by atoms with E-state index in [0.29, 0.717) is 0 Å². The first-order valence-corrected chi connectivity index (χ1v) is 6.52. The molecule has 0 saturated carbocycles. The van der Waals surface area contributed by atoms with Gasteiger partial charge in [-0.05, 0) is 60.6 Å². The Morgan fingerprint density at radius 3 is 2.25 bits per heavy atom. The van der Waals surface area contributed by atoms with Crippen molar-refractivity contribution in [3.05, 3.63) is 44.8 Å². The van der Waals surface area contributed by atoms with Crippen molar-refractivity contribution in [2.45, 2.75) is 27.2 Å². The summed E-state index contributed by atoms with van der Waals surface area (Å²) in [6.45, 7) is 6.32. The first-order valence-electron chi connectivity index (χ1n) is 5.44. The summed E-state index contributed by atoms with van der Waals surface area (Å²) in [6, 6.07) is 8.60. The van der Waals surface area contributed by atoms with Gasteiger partial charge >= 0.3 is 0 Å². The molecule has 1 aromatic carbocycles. The number of hydrogen-bond acceptors (Lipinski definition) is 1. The van der Waals surface area contributed by atoms with Gasteiger partial charge in [0.2, 0.25) is 0 Å². The Morgan fingerprint density at radius 1 is 1.19 bits per heavy atom. The van der Waals surface area contributed by atoms with Crippen molar-refractivity contribution >= 4 is 22.6 Å². The van der Waals surface area contributed by atoms with Gasteiger partial charge in [-0.1, -0.05) is 19.1 Å². The molecule has 0 N–H and O–H groups in total. The summed E-state index contributed by atoms with van der Waals surface area (Å²) in [6.07, 6.45) is 1.08. The highest BCUT2D eigenvalue weighted by Gasteiger charge is 2.09. The molecule has 0 aliphatic heterocycles. The molecule has 84 valence electrons. The van der Waals surface area contributed by atoms with Crippen molar-refractivity contribution in [2.75, 3.05) is 0 Å². The number of aryl methyl sites for hydroxylation is 2. The van der Waals surface area contributed by atoms with Gasteiger partial charge in [0.1, 0.15) is 0 Å². The predicted octanol–water partition coefficient (Wildman–Crippen LogP) is 3.66. The van der Waals surface area contributed by atoms with Crippen LogP contribution >= 0.6 is 22.6 Å². The van der Waals surface area contributed by atoms with Gasteiger partial charge in [-0.2, -0.15) is 5.10 Å². The minimum Gasteiger partial charge on any atom is -0.237 e. The molecule has 0 atom stereocenters. The largest absolute Gasteiger partial charge is 0.237 e. The monoisotopic (exact) mass is 326 g/mol. The maximum Gasteiger partial charge on any atom is 0.0734 e. The van der Waals surface area contributed by atoms with Crippen molar-refractivity contribution in [1.82, 2.24) is 9.78 Å². The van der Waals surface area contributed by atoms with E-state index in [1.54, 1.807) is 0 Å². The highest BCUT2D eigenvalue weighted by Crippen LogP contribution is 2.19. The van der Waals surface area contributed by atoms with Gasteiger partial charge in [0.25, 0.3) is 0 Å². The van der Waals surface area contributed by atoms with Gasteiger partial charge in [0.05, 0.1) is 20.6 Å². The molecule has 0 aliphatic carbocycles. The predicted molar refractivity (Wildman–Crippen MR) is 75.1 cm³/mol. The van der Waals surface area contributed by atoms with E-state index in [1.807, 2.05) is 11.6 Å². The number of rotatable bonds is 2. The molecule has 0 unspecified atom stereocenters. The second kappa shape index (κ2) is 4.57. The van der Waals surface area contributed by atoms with E-state index in [4.69, 9.17) is 0 Å². The summed E-state index contributed by atoms with van der Waals surface area (Å²) in [5, 5.41) is 4.54. The molecular weight excluding hydrogens is 311 g/mol. The first kappa shape index (κ1) is 11.6. The molecule has 2 aromatic rings. The lowest BCUT2D eigenvalue weighted by molar-refractivity contribution is 0.832. The molecule has 16 heavy (non-hydrogen) atoms. The topological polar surface area (TPSA) is 17.8 Å². The summed E-state index contributed by atoms with van der Waals surface area (Å²) < 4.78 is 3.26. The SMILES string of the molecule is CCc1ccc(-n2nc(C)c(I)c2C)cc1. The zero-order valence-electron chi connectivity index (χ0n) is 9.79. The summed E-state index contributed by atoms with van der Waals surface area (Å²) >= 11 is 2.35. The molecule has 0 radical (unpaired) electrons. The summed E-state index contributed by atoms with van der Waals surface area (Å²) in [7, 11) is 0. The van der Waals surface area contributed by atoms with Gasteiger partial charge in [0.15, 0.2) is 0 Å². The molecule has 0 bridgehead atoms. The van der Waals surface area contributed by atoms with E-state index in [-0.39, 0.29) is 0 Å². The van der Waals surface area contributed by atoms with Crippen molar-refractivity contribution in [2.24, 2.45) is 0 Å². The fraction of sp³-hybridized carbons (Fsp3) is 0.308. The Labute approximate surface area is 110 Å². The van der Waals surface area contributed by atoms with Crippen LogP contribution in [-0.4, -0.2) is 9.78 Å². The number of benzene rings is 1. The molecular formula is C13H15IN2. The van der Waals surface area contributed by atoms with Crippen LogP contribution in [0.15, 0.2) is 24.3 Å². The lowest BCUT2D eigenvalue weighted by Crippen LogP contribution is -1.99. The van der Waals surface area contributed by atoms with Crippen LogP contribution in [0.5, 0.6) is 0 Å². The van der Waals surface area contributed by atoms with Crippen LogP contribution < -0.4 is 0 Å². The van der Waals surface area contributed by atoms with Crippen LogP contribution in [0, 0.1) is 17.4 Å². The molecule has 2 nitrogen and oxygen atoms in total. The third-order valence-corrected chi connectivity index (χ3v) is 4.35. The highest BCUT2D eigenvalue weighted by atomic mass is 127. The Bertz CT molecular complexity index is 497. The third kappa shape index (κ3) is 2.00. The van der Waals surface area contributed by atoms with Crippen LogP contribution in [0.3, 0.4) is 0 Å². The molecule has 1 aromatic heterocycles. The van der Waals surface area contributed by atoms with Crippen LogP contribution in [0.25, 0.3) is 5.69 Å². The zero-order chi connectivity index (χ0) is 11.7. The molecule has 0 fully saturated rings. The normalized spacial score (nSPS) is 10.8. The summed E-state index contributed by atoms with van der Waals surface area (Å²) in [5.41, 5.74) is 4.81. The fourth-order valence-corrected chi connectivity index (χ4v) is 2.08. The smallest absolute Gasteiger partial charge is 0.0734 e. The van der Waals surface area contributed by atoms with Crippen molar-refractivity contribution in [3.8, 4) is 5.69 Å². The fourth-order valence-electron chi connectivity index (χ4n) is 1.75. The number of halogens is 1. The minimum atomic E-state index is 1.08. The quantitative estimate of drug-likeness (QED) is 0.770. The standard InChI is InChI=1S/C13H15IN2/c1-4-11-5-7-12(8-6-11)16-10(3)13(14)9(2)15-16/h5-8H,4H2,1-3H3. The average molecular weight is 326 g/mol. The molecule has 0 spiro atoms. The minimum absolute atomic E-state index is 1.08. The lowest BCUT2D eigenvalue weighted by Gasteiger charge is -2.05. The van der Waals surface area contributed by atoms with Gasteiger partial charge in [0, 0.05) is 0 Å². The van der Waals surface area contributed by atoms with Crippen molar-refractivity contribution in [3.63, 3.8) is 0 Å². The van der Waals surface area contributed by atoms with Crippen molar-refractivity contribution in [1.29, 1.82) is 0 Å². The number of aromatic nitrogens is 2. The molecule has 1 heterocycles. The van der Waals surface area contributed by atoms with E-state index in [1.165, 1.54) is 14.8 Å². The second-order valence-corrected chi connectivity index (χ2v) is 5.00. The Balaban J connectivity index is 2.46. The second-order valence-electron chi connectivity index (χ2n) is 3.92. The maximum absolute atomic E-state index is 4.54.